The van der Waals surface area contributed by atoms with E-state index in [1.807, 2.05) is 24.3 Å². The van der Waals surface area contributed by atoms with Gasteiger partial charge in [0, 0.05) is 45.1 Å². The lowest BCUT2D eigenvalue weighted by Gasteiger charge is -2.04. The van der Waals surface area contributed by atoms with Crippen LogP contribution in [0.25, 0.3) is 22.0 Å². The highest BCUT2D eigenvalue weighted by molar-refractivity contribution is 9.10. The number of rotatable bonds is 2. The number of aromatic amines is 1. The summed E-state index contributed by atoms with van der Waals surface area (Å²) in [4.78, 5) is 18.2. The first kappa shape index (κ1) is 11.2. The Morgan fingerprint density at radius 3 is 2.94 bits per heavy atom. The van der Waals surface area contributed by atoms with Gasteiger partial charge >= 0.3 is 0 Å². The van der Waals surface area contributed by atoms with Crippen molar-refractivity contribution in [3.05, 3.63) is 52.9 Å². The molecule has 0 radical (unpaired) electrons. The van der Waals surface area contributed by atoms with Crippen LogP contribution in [0.1, 0.15) is 10.4 Å². The maximum absolute atomic E-state index is 11.0. The summed E-state index contributed by atoms with van der Waals surface area (Å²) >= 11 is 3.51. The van der Waals surface area contributed by atoms with E-state index < -0.39 is 0 Å². The predicted molar refractivity (Wildman–Crippen MR) is 74.6 cm³/mol. The summed E-state index contributed by atoms with van der Waals surface area (Å²) in [5, 5.41) is 0.929. The van der Waals surface area contributed by atoms with Gasteiger partial charge in [-0.3, -0.25) is 9.78 Å². The fourth-order valence-corrected chi connectivity index (χ4v) is 2.45. The topological polar surface area (TPSA) is 45.8 Å². The lowest BCUT2D eigenvalue weighted by Crippen LogP contribution is -1.83. The Balaban J connectivity index is 2.24. The van der Waals surface area contributed by atoms with Gasteiger partial charge in [-0.25, -0.2) is 0 Å². The number of hydrogen-bond donors (Lipinski definition) is 1. The van der Waals surface area contributed by atoms with Gasteiger partial charge in [-0.15, -0.1) is 0 Å². The molecule has 0 aliphatic heterocycles. The van der Waals surface area contributed by atoms with Crippen LogP contribution in [0.5, 0.6) is 0 Å². The summed E-state index contributed by atoms with van der Waals surface area (Å²) in [6, 6.07) is 7.88. The molecule has 3 aromatic rings. The van der Waals surface area contributed by atoms with Gasteiger partial charge < -0.3 is 4.98 Å². The third kappa shape index (κ3) is 1.75. The van der Waals surface area contributed by atoms with Crippen molar-refractivity contribution < 1.29 is 4.79 Å². The van der Waals surface area contributed by atoms with Gasteiger partial charge in [-0.2, -0.15) is 0 Å². The number of aldehydes is 1. The number of H-pyrrole nitrogens is 1. The summed E-state index contributed by atoms with van der Waals surface area (Å²) in [7, 11) is 0. The Morgan fingerprint density at radius 2 is 2.17 bits per heavy atom. The Hall–Kier alpha value is -1.94. The molecule has 2 aromatic heterocycles. The Labute approximate surface area is 112 Å². The van der Waals surface area contributed by atoms with Crippen LogP contribution in [-0.2, 0) is 0 Å². The predicted octanol–water partition coefficient (Wildman–Crippen LogP) is 3.80. The first-order chi connectivity index (χ1) is 8.79. The standard InChI is InChI=1S/C14H9BrN2O/c15-13-3-4-16-7-12(13)9-1-2-14-11(5-9)10(8-18)6-17-14/h1-8,17H. The Morgan fingerprint density at radius 1 is 1.28 bits per heavy atom. The van der Waals surface area contributed by atoms with Crippen LogP contribution in [0.15, 0.2) is 47.3 Å². The summed E-state index contributed by atoms with van der Waals surface area (Å²) in [5.41, 5.74) is 3.68. The molecule has 0 aliphatic rings. The number of nitrogens with zero attached hydrogens (tertiary/aromatic N) is 1. The van der Waals surface area contributed by atoms with Crippen LogP contribution in [0.2, 0.25) is 0 Å². The molecule has 18 heavy (non-hydrogen) atoms. The van der Waals surface area contributed by atoms with Gasteiger partial charge in [0.2, 0.25) is 0 Å². The van der Waals surface area contributed by atoms with Crippen LogP contribution in [0.3, 0.4) is 0 Å². The van der Waals surface area contributed by atoms with Gasteiger partial charge in [0.25, 0.3) is 0 Å². The third-order valence-electron chi connectivity index (χ3n) is 2.92. The number of pyridine rings is 1. The number of aromatic nitrogens is 2. The van der Waals surface area contributed by atoms with Crippen LogP contribution in [0.4, 0.5) is 0 Å². The fraction of sp³-hybridized carbons (Fsp3) is 0. The number of fused-ring (bicyclic) bond motifs is 1. The zero-order chi connectivity index (χ0) is 12.5. The number of benzene rings is 1. The van der Waals surface area contributed by atoms with E-state index in [1.54, 1.807) is 18.6 Å². The number of nitrogens with one attached hydrogen (secondary N) is 1. The maximum Gasteiger partial charge on any atom is 0.152 e. The maximum atomic E-state index is 11.0. The van der Waals surface area contributed by atoms with Crippen molar-refractivity contribution in [2.75, 3.05) is 0 Å². The minimum absolute atomic E-state index is 0.673. The largest absolute Gasteiger partial charge is 0.360 e. The van der Waals surface area contributed by atoms with Crippen molar-refractivity contribution in [1.29, 1.82) is 0 Å². The molecule has 0 amide bonds. The first-order valence-corrected chi connectivity index (χ1v) is 6.25. The van der Waals surface area contributed by atoms with Crippen LogP contribution in [0, 0.1) is 0 Å². The normalized spacial score (nSPS) is 10.7. The average molecular weight is 301 g/mol. The fourth-order valence-electron chi connectivity index (χ4n) is 2.00. The smallest absolute Gasteiger partial charge is 0.152 e. The van der Waals surface area contributed by atoms with Crippen molar-refractivity contribution in [2.45, 2.75) is 0 Å². The first-order valence-electron chi connectivity index (χ1n) is 5.46. The molecule has 0 aliphatic carbocycles. The number of hydrogen-bond acceptors (Lipinski definition) is 2. The van der Waals surface area contributed by atoms with E-state index in [2.05, 4.69) is 25.9 Å². The van der Waals surface area contributed by atoms with E-state index in [0.29, 0.717) is 5.56 Å². The minimum Gasteiger partial charge on any atom is -0.360 e. The average Bonchev–Trinajstić information content (AvgIpc) is 2.81. The van der Waals surface area contributed by atoms with E-state index >= 15 is 0 Å². The second kappa shape index (κ2) is 4.38. The van der Waals surface area contributed by atoms with Gasteiger partial charge in [0.1, 0.15) is 0 Å². The second-order valence-corrected chi connectivity index (χ2v) is 4.83. The highest BCUT2D eigenvalue weighted by Crippen LogP contribution is 2.30. The molecule has 0 saturated heterocycles. The molecule has 0 spiro atoms. The Kier molecular flexibility index (Phi) is 2.72. The monoisotopic (exact) mass is 300 g/mol. The zero-order valence-electron chi connectivity index (χ0n) is 9.35. The van der Waals surface area contributed by atoms with Gasteiger partial charge in [-0.1, -0.05) is 22.0 Å². The SMILES string of the molecule is O=Cc1c[nH]c2ccc(-c3cnccc3Br)cc12. The molecule has 0 atom stereocenters. The molecule has 2 heterocycles. The molecule has 3 rings (SSSR count). The lowest BCUT2D eigenvalue weighted by molar-refractivity contribution is 0.112. The molecule has 4 heteroatoms. The van der Waals surface area contributed by atoms with Crippen molar-refractivity contribution in [1.82, 2.24) is 9.97 Å². The van der Waals surface area contributed by atoms with E-state index in [4.69, 9.17) is 0 Å². The second-order valence-electron chi connectivity index (χ2n) is 3.98. The molecule has 1 aromatic carbocycles. The molecular weight excluding hydrogens is 292 g/mol. The van der Waals surface area contributed by atoms with E-state index in [1.165, 1.54) is 0 Å². The number of carbonyl (C=O) groups is 1. The van der Waals surface area contributed by atoms with Gasteiger partial charge in [-0.05, 0) is 23.8 Å². The molecule has 0 unspecified atom stereocenters. The van der Waals surface area contributed by atoms with Crippen molar-refractivity contribution in [2.24, 2.45) is 0 Å². The summed E-state index contributed by atoms with van der Waals surface area (Å²) in [6.45, 7) is 0. The highest BCUT2D eigenvalue weighted by Gasteiger charge is 2.07. The lowest BCUT2D eigenvalue weighted by atomic mass is 10.0. The molecule has 0 fully saturated rings. The summed E-state index contributed by atoms with van der Waals surface area (Å²) in [5.74, 6) is 0. The Bertz CT molecular complexity index is 733. The quantitative estimate of drug-likeness (QED) is 0.732. The summed E-state index contributed by atoms with van der Waals surface area (Å²) in [6.07, 6.45) is 6.12. The third-order valence-corrected chi connectivity index (χ3v) is 3.61. The van der Waals surface area contributed by atoms with Crippen molar-refractivity contribution in [3.63, 3.8) is 0 Å². The summed E-state index contributed by atoms with van der Waals surface area (Å²) < 4.78 is 0.986. The zero-order valence-corrected chi connectivity index (χ0v) is 10.9. The van der Waals surface area contributed by atoms with E-state index in [-0.39, 0.29) is 0 Å². The molecule has 88 valence electrons. The molecule has 0 saturated carbocycles. The van der Waals surface area contributed by atoms with Crippen LogP contribution < -0.4 is 0 Å². The molecule has 0 bridgehead atoms. The van der Waals surface area contributed by atoms with Gasteiger partial charge in [0.15, 0.2) is 6.29 Å². The van der Waals surface area contributed by atoms with Gasteiger partial charge in [0.05, 0.1) is 0 Å². The number of halogens is 1. The van der Waals surface area contributed by atoms with Crippen LogP contribution >= 0.6 is 15.9 Å². The van der Waals surface area contributed by atoms with Crippen LogP contribution in [-0.4, -0.2) is 16.3 Å². The highest BCUT2D eigenvalue weighted by atomic mass is 79.9. The van der Waals surface area contributed by atoms with E-state index in [9.17, 15) is 4.79 Å². The molecular formula is C14H9BrN2O. The van der Waals surface area contributed by atoms with E-state index in [0.717, 1.165) is 32.8 Å². The molecule has 3 nitrogen and oxygen atoms in total. The number of carbonyl (C=O) groups excluding carboxylic acids is 1. The van der Waals surface area contributed by atoms with Crippen molar-refractivity contribution in [3.8, 4) is 11.1 Å². The molecule has 1 N–H and O–H groups in total. The minimum atomic E-state index is 0.673. The van der Waals surface area contributed by atoms with Crippen molar-refractivity contribution >= 4 is 33.1 Å².